The highest BCUT2D eigenvalue weighted by Gasteiger charge is 2.51. The Bertz CT molecular complexity index is 919. The fourth-order valence-corrected chi connectivity index (χ4v) is 6.02. The molecule has 4 heterocycles. The van der Waals surface area contributed by atoms with E-state index in [0.717, 1.165) is 42.2 Å². The van der Waals surface area contributed by atoms with Gasteiger partial charge in [-0.3, -0.25) is 9.59 Å². The molecule has 0 aromatic carbocycles. The number of aromatic nitrogens is 1. The fraction of sp³-hybridized carbons (Fsp3) is 0.571. The van der Waals surface area contributed by atoms with E-state index in [1.165, 1.54) is 11.3 Å². The van der Waals surface area contributed by atoms with Crippen LogP contribution in [0.1, 0.15) is 55.4 Å². The Hall–Kier alpha value is -1.99. The highest BCUT2D eigenvalue weighted by atomic mass is 32.1. The van der Waals surface area contributed by atoms with Gasteiger partial charge in [-0.1, -0.05) is 25.7 Å². The van der Waals surface area contributed by atoms with Crippen LogP contribution in [0.3, 0.4) is 0 Å². The zero-order valence-corrected chi connectivity index (χ0v) is 16.7. The Morgan fingerprint density at radius 2 is 1.79 bits per heavy atom. The maximum absolute atomic E-state index is 13.2. The molecule has 0 radical (unpaired) electrons. The molecule has 2 atom stereocenters. The molecule has 7 heteroatoms. The summed E-state index contributed by atoms with van der Waals surface area (Å²) >= 11 is 1.54. The van der Waals surface area contributed by atoms with Crippen molar-refractivity contribution >= 4 is 33.2 Å². The van der Waals surface area contributed by atoms with Crippen LogP contribution in [0.4, 0.5) is 0 Å². The Morgan fingerprint density at radius 1 is 1.07 bits per heavy atom. The lowest BCUT2D eigenvalue weighted by Gasteiger charge is -2.38. The summed E-state index contributed by atoms with van der Waals surface area (Å²) in [6.07, 6.45) is 7.61. The van der Waals surface area contributed by atoms with E-state index in [1.807, 2.05) is 27.3 Å². The van der Waals surface area contributed by atoms with Crippen molar-refractivity contribution in [2.45, 2.75) is 62.6 Å². The van der Waals surface area contributed by atoms with Gasteiger partial charge in [-0.15, -0.1) is 11.3 Å². The van der Waals surface area contributed by atoms with Crippen molar-refractivity contribution < 1.29 is 14.7 Å². The van der Waals surface area contributed by atoms with Crippen LogP contribution in [0.25, 0.3) is 10.1 Å². The number of pyridine rings is 1. The Balaban J connectivity index is 1.32. The Morgan fingerprint density at radius 3 is 2.50 bits per heavy atom. The molecule has 1 aliphatic carbocycles. The highest BCUT2D eigenvalue weighted by Crippen LogP contribution is 2.37. The van der Waals surface area contributed by atoms with Gasteiger partial charge in [-0.25, -0.2) is 4.98 Å². The van der Waals surface area contributed by atoms with Crippen molar-refractivity contribution in [3.05, 3.63) is 29.4 Å². The molecule has 2 aliphatic heterocycles. The Kier molecular flexibility index (Phi) is 4.39. The van der Waals surface area contributed by atoms with Crippen molar-refractivity contribution in [1.29, 1.82) is 0 Å². The van der Waals surface area contributed by atoms with Gasteiger partial charge in [0.2, 0.25) is 0 Å². The molecule has 3 aliphatic rings. The number of carbonyl (C=O) groups excluding carboxylic acids is 2. The van der Waals surface area contributed by atoms with Crippen LogP contribution >= 0.6 is 11.3 Å². The normalized spacial score (nSPS) is 26.6. The van der Waals surface area contributed by atoms with Crippen LogP contribution in [0.2, 0.25) is 0 Å². The summed E-state index contributed by atoms with van der Waals surface area (Å²) in [5, 5.41) is 14.0. The van der Waals surface area contributed by atoms with E-state index in [9.17, 15) is 14.7 Å². The number of carbonyl (C=O) groups is 2. The highest BCUT2D eigenvalue weighted by molar-refractivity contribution is 7.17. The minimum absolute atomic E-state index is 0.0104. The van der Waals surface area contributed by atoms with Gasteiger partial charge < -0.3 is 14.9 Å². The molecule has 0 spiro atoms. The molecular formula is C21H25N3O3S. The molecule has 1 saturated carbocycles. The number of thiophene rings is 1. The van der Waals surface area contributed by atoms with E-state index >= 15 is 0 Å². The lowest BCUT2D eigenvalue weighted by atomic mass is 9.92. The number of piperazine rings is 1. The maximum Gasteiger partial charge on any atom is 0.274 e. The van der Waals surface area contributed by atoms with E-state index in [2.05, 4.69) is 4.98 Å². The number of aliphatic hydroxyl groups is 1. The molecule has 5 rings (SSSR count). The quantitative estimate of drug-likeness (QED) is 0.788. The minimum atomic E-state index is -1.21. The summed E-state index contributed by atoms with van der Waals surface area (Å²) in [6.45, 7) is 1.06. The van der Waals surface area contributed by atoms with Crippen LogP contribution in [0.15, 0.2) is 23.7 Å². The van der Waals surface area contributed by atoms with Gasteiger partial charge in [0.05, 0.1) is 16.8 Å². The van der Waals surface area contributed by atoms with Crippen LogP contribution < -0.4 is 0 Å². The summed E-state index contributed by atoms with van der Waals surface area (Å²) in [5.41, 5.74) is -0.694. The molecule has 2 aromatic heterocycles. The average Bonchev–Trinajstić information content (AvgIpc) is 3.40. The molecule has 0 unspecified atom stereocenters. The monoisotopic (exact) mass is 399 g/mol. The third-order valence-corrected chi connectivity index (χ3v) is 7.60. The van der Waals surface area contributed by atoms with Crippen molar-refractivity contribution in [1.82, 2.24) is 14.8 Å². The number of nitrogens with zero attached hydrogens (tertiary/aromatic N) is 3. The third kappa shape index (κ3) is 2.83. The van der Waals surface area contributed by atoms with Crippen molar-refractivity contribution in [2.24, 2.45) is 0 Å². The third-order valence-electron chi connectivity index (χ3n) is 6.66. The predicted molar refractivity (Wildman–Crippen MR) is 107 cm³/mol. The van der Waals surface area contributed by atoms with Gasteiger partial charge in [0.1, 0.15) is 11.3 Å². The van der Waals surface area contributed by atoms with Crippen LogP contribution in [0.5, 0.6) is 0 Å². The molecule has 2 aromatic rings. The van der Waals surface area contributed by atoms with Gasteiger partial charge in [-0.2, -0.15) is 0 Å². The molecule has 2 amide bonds. The SMILES string of the molecule is O=C(c1nccc2ccsc12)N1C[C@@H]2C[C@H]1CN2C(=O)C1(O)CCCCCC1. The first-order valence-electron chi connectivity index (χ1n) is 10.2. The molecule has 1 N–H and O–H groups in total. The predicted octanol–water partition coefficient (Wildman–Crippen LogP) is 2.81. The fourth-order valence-electron chi connectivity index (χ4n) is 5.14. The number of fused-ring (bicyclic) bond motifs is 3. The van der Waals surface area contributed by atoms with E-state index in [-0.39, 0.29) is 23.9 Å². The molecule has 6 nitrogen and oxygen atoms in total. The van der Waals surface area contributed by atoms with E-state index in [1.54, 1.807) is 6.20 Å². The van der Waals surface area contributed by atoms with Gasteiger partial charge >= 0.3 is 0 Å². The maximum atomic E-state index is 13.2. The number of hydrogen-bond acceptors (Lipinski definition) is 5. The van der Waals surface area contributed by atoms with Gasteiger partial charge in [-0.05, 0) is 42.2 Å². The summed E-state index contributed by atoms with van der Waals surface area (Å²) < 4.78 is 0.927. The lowest BCUT2D eigenvalue weighted by Crippen LogP contribution is -2.56. The second-order valence-corrected chi connectivity index (χ2v) is 9.32. The standard InChI is InChI=1S/C21H25N3O3S/c25-19(17-18-14(5-9-22-17)6-10-28-18)23-12-16-11-15(23)13-24(16)20(26)21(27)7-3-1-2-4-8-21/h5-6,9-10,15-16,27H,1-4,7-8,11-13H2/t15-,16-/m0/s1. The molecular weight excluding hydrogens is 374 g/mol. The first-order valence-corrected chi connectivity index (χ1v) is 11.1. The summed E-state index contributed by atoms with van der Waals surface area (Å²) in [7, 11) is 0. The van der Waals surface area contributed by atoms with Gasteiger partial charge in [0, 0.05) is 19.3 Å². The van der Waals surface area contributed by atoms with Crippen LogP contribution in [-0.4, -0.2) is 62.5 Å². The van der Waals surface area contributed by atoms with Crippen molar-refractivity contribution in [3.8, 4) is 0 Å². The number of amides is 2. The minimum Gasteiger partial charge on any atom is -0.380 e. The number of likely N-dealkylation sites (tertiary alicyclic amines) is 2. The number of rotatable bonds is 2. The van der Waals surface area contributed by atoms with Crippen LogP contribution in [-0.2, 0) is 4.79 Å². The number of hydrogen-bond donors (Lipinski definition) is 1. The first kappa shape index (κ1) is 18.1. The molecule has 2 bridgehead atoms. The van der Waals surface area contributed by atoms with Crippen molar-refractivity contribution in [2.75, 3.05) is 13.1 Å². The largest absolute Gasteiger partial charge is 0.380 e. The van der Waals surface area contributed by atoms with Gasteiger partial charge in [0.25, 0.3) is 11.8 Å². The van der Waals surface area contributed by atoms with E-state index in [0.29, 0.717) is 31.6 Å². The average molecular weight is 400 g/mol. The first-order chi connectivity index (χ1) is 13.6. The summed E-state index contributed by atoms with van der Waals surface area (Å²) in [6, 6.07) is 3.96. The molecule has 3 fully saturated rings. The van der Waals surface area contributed by atoms with Crippen LogP contribution in [0, 0.1) is 0 Å². The van der Waals surface area contributed by atoms with Gasteiger partial charge in [0.15, 0.2) is 0 Å². The zero-order chi connectivity index (χ0) is 19.3. The molecule has 2 saturated heterocycles. The second-order valence-electron chi connectivity index (χ2n) is 8.40. The summed E-state index contributed by atoms with van der Waals surface area (Å²) in [4.78, 5) is 34.3. The lowest BCUT2D eigenvalue weighted by molar-refractivity contribution is -0.155. The smallest absolute Gasteiger partial charge is 0.274 e. The Labute approximate surface area is 168 Å². The second kappa shape index (κ2) is 6.81. The zero-order valence-electron chi connectivity index (χ0n) is 15.8. The van der Waals surface area contributed by atoms with E-state index in [4.69, 9.17) is 0 Å². The topological polar surface area (TPSA) is 73.7 Å². The molecule has 148 valence electrons. The van der Waals surface area contributed by atoms with E-state index < -0.39 is 5.60 Å². The molecule has 28 heavy (non-hydrogen) atoms. The summed E-state index contributed by atoms with van der Waals surface area (Å²) in [5.74, 6) is -0.159. The van der Waals surface area contributed by atoms with Crippen molar-refractivity contribution in [3.63, 3.8) is 0 Å².